The highest BCUT2D eigenvalue weighted by atomic mass is 16.4. The topological polar surface area (TPSA) is 70.3 Å². The average molecular weight is 139 g/mol. The third-order valence-corrected chi connectivity index (χ3v) is 0.937. The van der Waals surface area contributed by atoms with Gasteiger partial charge in [0.1, 0.15) is 6.26 Å². The van der Waals surface area contributed by atoms with Crippen LogP contribution >= 0.6 is 0 Å². The molecule has 4 nitrogen and oxygen atoms in total. The molecule has 10 heavy (non-hydrogen) atoms. The van der Waals surface area contributed by atoms with E-state index in [1.54, 1.807) is 0 Å². The molecule has 1 heterocycles. The molecular weight excluding hydrogens is 136 g/mol. The van der Waals surface area contributed by atoms with E-state index in [1.807, 2.05) is 0 Å². The molecule has 52 valence electrons. The van der Waals surface area contributed by atoms with E-state index in [0.29, 0.717) is 0 Å². The van der Waals surface area contributed by atoms with Crippen molar-refractivity contribution in [3.05, 3.63) is 34.4 Å². The van der Waals surface area contributed by atoms with Crippen LogP contribution in [0.15, 0.2) is 27.6 Å². The third kappa shape index (κ3) is 1.22. The van der Waals surface area contributed by atoms with Crippen molar-refractivity contribution in [3.63, 3.8) is 0 Å². The Morgan fingerprint density at radius 1 is 1.50 bits per heavy atom. The lowest BCUT2D eigenvalue weighted by Gasteiger charge is -1.96. The molecule has 0 fully saturated rings. The van der Waals surface area contributed by atoms with Gasteiger partial charge in [0.05, 0.1) is 5.97 Å². The highest BCUT2D eigenvalue weighted by molar-refractivity contribution is 5.84. The molecule has 0 aromatic carbocycles. The number of hydrogen-bond acceptors (Lipinski definition) is 4. The van der Waals surface area contributed by atoms with Crippen molar-refractivity contribution in [3.8, 4) is 0 Å². The summed E-state index contributed by atoms with van der Waals surface area (Å²) in [7, 11) is 0. The Kier molecular flexibility index (Phi) is 1.53. The maximum Gasteiger partial charge on any atom is 0.335 e. The first-order valence-electron chi connectivity index (χ1n) is 2.50. The Morgan fingerprint density at radius 2 is 2.20 bits per heavy atom. The summed E-state index contributed by atoms with van der Waals surface area (Å²) in [5.74, 6) is -1.36. The smallest absolute Gasteiger partial charge is 0.335 e. The van der Waals surface area contributed by atoms with E-state index in [2.05, 4.69) is 4.42 Å². The van der Waals surface area contributed by atoms with Crippen LogP contribution in [0.3, 0.4) is 0 Å². The number of carbonyl (C=O) groups is 1. The van der Waals surface area contributed by atoms with Gasteiger partial charge in [-0.25, -0.2) is 4.79 Å². The van der Waals surface area contributed by atoms with E-state index in [-0.39, 0.29) is 5.56 Å². The standard InChI is InChI=1S/C6H4O4/c7-5-2-1-4(3-10-5)6(8)9/h1-3H,(H,8,9)/p-1. The molecule has 0 radical (unpaired) electrons. The fourth-order valence-corrected chi connectivity index (χ4v) is 0.474. The van der Waals surface area contributed by atoms with Crippen LogP contribution in [0.5, 0.6) is 0 Å². The zero-order valence-electron chi connectivity index (χ0n) is 4.87. The molecule has 1 rings (SSSR count). The second-order valence-electron chi connectivity index (χ2n) is 1.63. The monoisotopic (exact) mass is 139 g/mol. The van der Waals surface area contributed by atoms with E-state index in [0.717, 1.165) is 18.4 Å². The molecule has 0 aliphatic rings. The number of carboxylic acids is 1. The molecule has 0 spiro atoms. The molecule has 1 aromatic rings. The number of aromatic carboxylic acids is 1. The summed E-state index contributed by atoms with van der Waals surface area (Å²) in [5, 5.41) is 10.0. The maximum atomic E-state index is 10.3. The third-order valence-electron chi connectivity index (χ3n) is 0.937. The Hall–Kier alpha value is -1.58. The predicted octanol–water partition coefficient (Wildman–Crippen LogP) is -0.997. The minimum Gasteiger partial charge on any atom is -0.545 e. The molecule has 0 saturated carbocycles. The SMILES string of the molecule is O=C([O-])c1ccc(=O)oc1. The highest BCUT2D eigenvalue weighted by Crippen LogP contribution is 1.90. The Balaban J connectivity index is 3.12. The van der Waals surface area contributed by atoms with Crippen LogP contribution < -0.4 is 10.7 Å². The second-order valence-corrected chi connectivity index (χ2v) is 1.63. The molecule has 0 amide bonds. The van der Waals surface area contributed by atoms with Crippen LogP contribution in [0, 0.1) is 0 Å². The van der Waals surface area contributed by atoms with Gasteiger partial charge in [-0.3, -0.25) is 0 Å². The van der Waals surface area contributed by atoms with Crippen LogP contribution in [0.4, 0.5) is 0 Å². The molecule has 0 aliphatic carbocycles. The van der Waals surface area contributed by atoms with Gasteiger partial charge in [0.2, 0.25) is 0 Å². The highest BCUT2D eigenvalue weighted by Gasteiger charge is 1.91. The van der Waals surface area contributed by atoms with Gasteiger partial charge in [-0.1, -0.05) is 0 Å². The quantitative estimate of drug-likeness (QED) is 0.500. The zero-order chi connectivity index (χ0) is 7.56. The summed E-state index contributed by atoms with van der Waals surface area (Å²) in [6, 6.07) is 2.15. The maximum absolute atomic E-state index is 10.3. The lowest BCUT2D eigenvalue weighted by molar-refractivity contribution is -0.255. The second kappa shape index (κ2) is 2.34. The van der Waals surface area contributed by atoms with Gasteiger partial charge in [0, 0.05) is 11.6 Å². The minimum absolute atomic E-state index is 0.139. The molecule has 0 N–H and O–H groups in total. The van der Waals surface area contributed by atoms with Crippen LogP contribution in [0.25, 0.3) is 0 Å². The van der Waals surface area contributed by atoms with Gasteiger partial charge >= 0.3 is 5.63 Å². The van der Waals surface area contributed by atoms with Crippen molar-refractivity contribution in [2.24, 2.45) is 0 Å². The van der Waals surface area contributed by atoms with Crippen molar-refractivity contribution in [1.29, 1.82) is 0 Å². The minimum atomic E-state index is -1.36. The van der Waals surface area contributed by atoms with E-state index >= 15 is 0 Å². The molecule has 0 saturated heterocycles. The average Bonchev–Trinajstić information content (AvgIpc) is 1.88. The summed E-state index contributed by atoms with van der Waals surface area (Å²) in [6.45, 7) is 0. The van der Waals surface area contributed by atoms with Gasteiger partial charge in [0.15, 0.2) is 0 Å². The summed E-state index contributed by atoms with van der Waals surface area (Å²) in [5.41, 5.74) is -0.718. The van der Waals surface area contributed by atoms with E-state index in [9.17, 15) is 14.7 Å². The van der Waals surface area contributed by atoms with Gasteiger partial charge in [0.25, 0.3) is 0 Å². The van der Waals surface area contributed by atoms with E-state index < -0.39 is 11.6 Å². The summed E-state index contributed by atoms with van der Waals surface area (Å²) in [6.07, 6.45) is 0.845. The van der Waals surface area contributed by atoms with Crippen molar-refractivity contribution in [2.45, 2.75) is 0 Å². The lowest BCUT2D eigenvalue weighted by atomic mass is 10.3. The summed E-state index contributed by atoms with van der Waals surface area (Å²) in [4.78, 5) is 20.3. The normalized spacial score (nSPS) is 9.20. The largest absolute Gasteiger partial charge is 0.545 e. The van der Waals surface area contributed by atoms with Crippen LogP contribution in [0.2, 0.25) is 0 Å². The van der Waals surface area contributed by atoms with E-state index in [4.69, 9.17) is 0 Å². The zero-order valence-corrected chi connectivity index (χ0v) is 4.87. The molecule has 0 unspecified atom stereocenters. The molecule has 1 aromatic heterocycles. The molecule has 0 aliphatic heterocycles. The van der Waals surface area contributed by atoms with Crippen molar-refractivity contribution < 1.29 is 14.3 Å². The van der Waals surface area contributed by atoms with Gasteiger partial charge in [-0.2, -0.15) is 0 Å². The Labute approximate surface area is 55.7 Å². The van der Waals surface area contributed by atoms with Gasteiger partial charge in [-0.15, -0.1) is 0 Å². The van der Waals surface area contributed by atoms with Crippen molar-refractivity contribution in [2.75, 3.05) is 0 Å². The van der Waals surface area contributed by atoms with Gasteiger partial charge < -0.3 is 14.3 Å². The van der Waals surface area contributed by atoms with Crippen LogP contribution in [0.1, 0.15) is 10.4 Å². The number of hydrogen-bond donors (Lipinski definition) is 0. The molecular formula is C6H3O4-. The van der Waals surface area contributed by atoms with Crippen molar-refractivity contribution in [1.82, 2.24) is 0 Å². The summed E-state index contributed by atoms with van der Waals surface area (Å²) >= 11 is 0. The molecule has 4 heteroatoms. The summed E-state index contributed by atoms with van der Waals surface area (Å²) < 4.78 is 4.24. The molecule has 0 bridgehead atoms. The van der Waals surface area contributed by atoms with Gasteiger partial charge in [-0.05, 0) is 6.07 Å². The van der Waals surface area contributed by atoms with Crippen molar-refractivity contribution >= 4 is 5.97 Å². The fourth-order valence-electron chi connectivity index (χ4n) is 0.474. The number of carbonyl (C=O) groups excluding carboxylic acids is 1. The number of rotatable bonds is 1. The predicted molar refractivity (Wildman–Crippen MR) is 29.3 cm³/mol. The first-order valence-corrected chi connectivity index (χ1v) is 2.50. The van der Waals surface area contributed by atoms with E-state index in [1.165, 1.54) is 0 Å². The fraction of sp³-hybridized carbons (Fsp3) is 0. The van der Waals surface area contributed by atoms with Crippen LogP contribution in [-0.2, 0) is 0 Å². The van der Waals surface area contributed by atoms with Crippen LogP contribution in [-0.4, -0.2) is 5.97 Å². The Bertz CT molecular complexity index is 278. The molecule has 0 atom stereocenters. The first kappa shape index (κ1) is 6.54. The number of carboxylic acid groups (broad SMARTS) is 1. The Morgan fingerprint density at radius 3 is 2.60 bits per heavy atom. The lowest BCUT2D eigenvalue weighted by Crippen LogP contribution is -2.22. The first-order chi connectivity index (χ1) is 4.70.